The lowest BCUT2D eigenvalue weighted by atomic mass is 9.74. The molecule has 1 rings (SSSR count). The van der Waals surface area contributed by atoms with Gasteiger partial charge in [-0.3, -0.25) is 0 Å². The van der Waals surface area contributed by atoms with Gasteiger partial charge in [0.15, 0.2) is 0 Å². The van der Waals surface area contributed by atoms with Crippen molar-refractivity contribution in [2.45, 2.75) is 66.8 Å². The molecule has 0 amide bonds. The standard InChI is InChI=1S/C16H29N/c1-9-10-14-12(2)11-13(3)17(14)16(7,8)15(4,5)6/h10,12H,3,9,11H2,1-2,4-8H3/b14-10-. The van der Waals surface area contributed by atoms with Crippen LogP contribution in [0.4, 0.5) is 0 Å². The zero-order chi connectivity index (χ0) is 13.4. The summed E-state index contributed by atoms with van der Waals surface area (Å²) in [5.41, 5.74) is 3.08. The third-order valence-electron chi connectivity index (χ3n) is 4.43. The predicted molar refractivity (Wildman–Crippen MR) is 76.7 cm³/mol. The van der Waals surface area contributed by atoms with Crippen LogP contribution in [-0.4, -0.2) is 10.4 Å². The van der Waals surface area contributed by atoms with Crippen LogP contribution < -0.4 is 0 Å². The molecule has 0 radical (unpaired) electrons. The lowest BCUT2D eigenvalue weighted by molar-refractivity contribution is 0.0825. The molecule has 1 heterocycles. The maximum absolute atomic E-state index is 4.28. The monoisotopic (exact) mass is 235 g/mol. The van der Waals surface area contributed by atoms with Gasteiger partial charge in [-0.1, -0.05) is 47.3 Å². The second-order valence-electron chi connectivity index (χ2n) is 6.85. The summed E-state index contributed by atoms with van der Waals surface area (Å²) in [5, 5.41) is 0. The summed E-state index contributed by atoms with van der Waals surface area (Å²) in [7, 11) is 0. The first-order valence-electron chi connectivity index (χ1n) is 6.81. The van der Waals surface area contributed by atoms with E-state index < -0.39 is 0 Å². The van der Waals surface area contributed by atoms with E-state index in [2.05, 4.69) is 66.0 Å². The van der Waals surface area contributed by atoms with Gasteiger partial charge in [0.25, 0.3) is 0 Å². The van der Waals surface area contributed by atoms with Crippen molar-refractivity contribution in [1.29, 1.82) is 0 Å². The highest BCUT2D eigenvalue weighted by molar-refractivity contribution is 5.26. The smallest absolute Gasteiger partial charge is 0.0436 e. The molecule has 0 bridgehead atoms. The molecule has 1 fully saturated rings. The van der Waals surface area contributed by atoms with Gasteiger partial charge in [-0.25, -0.2) is 0 Å². The Morgan fingerprint density at radius 1 is 1.29 bits per heavy atom. The summed E-state index contributed by atoms with van der Waals surface area (Å²) in [6.45, 7) is 20.4. The minimum absolute atomic E-state index is 0.107. The Balaban J connectivity index is 3.19. The van der Waals surface area contributed by atoms with Gasteiger partial charge in [-0.05, 0) is 32.1 Å². The molecule has 1 heteroatoms. The van der Waals surface area contributed by atoms with Crippen LogP contribution in [0.25, 0.3) is 0 Å². The van der Waals surface area contributed by atoms with Crippen molar-refractivity contribution in [2.24, 2.45) is 11.3 Å². The number of nitrogens with zero attached hydrogens (tertiary/aromatic N) is 1. The van der Waals surface area contributed by atoms with Gasteiger partial charge in [0.05, 0.1) is 0 Å². The highest BCUT2D eigenvalue weighted by atomic mass is 15.2. The van der Waals surface area contributed by atoms with Crippen molar-refractivity contribution in [3.8, 4) is 0 Å². The van der Waals surface area contributed by atoms with Crippen molar-refractivity contribution in [2.75, 3.05) is 0 Å². The molecule has 1 saturated heterocycles. The Labute approximate surface area is 108 Å². The maximum atomic E-state index is 4.28. The fraction of sp³-hybridized carbons (Fsp3) is 0.750. The Morgan fingerprint density at radius 2 is 1.82 bits per heavy atom. The minimum Gasteiger partial charge on any atom is -0.343 e. The summed E-state index contributed by atoms with van der Waals surface area (Å²) in [4.78, 5) is 2.49. The van der Waals surface area contributed by atoms with Gasteiger partial charge in [0.2, 0.25) is 0 Å². The zero-order valence-corrected chi connectivity index (χ0v) is 12.7. The molecule has 0 spiro atoms. The summed E-state index contributed by atoms with van der Waals surface area (Å²) < 4.78 is 0. The van der Waals surface area contributed by atoms with Crippen LogP contribution in [0.1, 0.15) is 61.3 Å². The number of hydrogen-bond acceptors (Lipinski definition) is 1. The molecular formula is C16H29N. The summed E-state index contributed by atoms with van der Waals surface area (Å²) in [6, 6.07) is 0. The molecule has 0 saturated carbocycles. The Bertz CT molecular complexity index is 328. The quantitative estimate of drug-likeness (QED) is 0.654. The van der Waals surface area contributed by atoms with Gasteiger partial charge < -0.3 is 4.90 Å². The molecule has 17 heavy (non-hydrogen) atoms. The van der Waals surface area contributed by atoms with E-state index in [1.807, 2.05) is 0 Å². The second-order valence-corrected chi connectivity index (χ2v) is 6.85. The maximum Gasteiger partial charge on any atom is 0.0436 e. The van der Waals surface area contributed by atoms with Crippen molar-refractivity contribution < 1.29 is 0 Å². The van der Waals surface area contributed by atoms with E-state index >= 15 is 0 Å². The van der Waals surface area contributed by atoms with E-state index in [1.54, 1.807) is 0 Å². The molecule has 1 atom stereocenters. The lowest BCUT2D eigenvalue weighted by Crippen LogP contribution is -2.50. The van der Waals surface area contributed by atoms with Crippen LogP contribution >= 0.6 is 0 Å². The largest absolute Gasteiger partial charge is 0.343 e. The third-order valence-corrected chi connectivity index (χ3v) is 4.43. The number of likely N-dealkylation sites (tertiary alicyclic amines) is 1. The molecular weight excluding hydrogens is 206 g/mol. The molecule has 0 aromatic carbocycles. The Hall–Kier alpha value is -0.720. The molecule has 1 aliphatic heterocycles. The molecule has 0 N–H and O–H groups in total. The van der Waals surface area contributed by atoms with Gasteiger partial charge in [-0.15, -0.1) is 0 Å². The van der Waals surface area contributed by atoms with Crippen LogP contribution in [0, 0.1) is 11.3 Å². The molecule has 0 aromatic heterocycles. The SMILES string of the molecule is C=C1CC(C)/C(=C/CC)N1C(C)(C)C(C)(C)C. The average molecular weight is 235 g/mol. The van der Waals surface area contributed by atoms with E-state index in [0.717, 1.165) is 12.8 Å². The summed E-state index contributed by atoms with van der Waals surface area (Å²) in [5.74, 6) is 0.615. The lowest BCUT2D eigenvalue weighted by Gasteiger charge is -2.48. The van der Waals surface area contributed by atoms with Gasteiger partial charge in [-0.2, -0.15) is 0 Å². The van der Waals surface area contributed by atoms with Crippen molar-refractivity contribution >= 4 is 0 Å². The second kappa shape index (κ2) is 4.51. The van der Waals surface area contributed by atoms with Crippen LogP contribution in [-0.2, 0) is 0 Å². The van der Waals surface area contributed by atoms with E-state index in [9.17, 15) is 0 Å². The van der Waals surface area contributed by atoms with Crippen molar-refractivity contribution in [1.82, 2.24) is 4.90 Å². The summed E-state index contributed by atoms with van der Waals surface area (Å²) in [6.07, 6.45) is 4.57. The highest BCUT2D eigenvalue weighted by Crippen LogP contribution is 2.46. The average Bonchev–Trinajstić information content (AvgIpc) is 2.40. The molecule has 0 aliphatic carbocycles. The van der Waals surface area contributed by atoms with Gasteiger partial charge in [0.1, 0.15) is 0 Å². The number of hydrogen-bond donors (Lipinski definition) is 0. The highest BCUT2D eigenvalue weighted by Gasteiger charge is 2.44. The van der Waals surface area contributed by atoms with E-state index in [4.69, 9.17) is 0 Å². The van der Waals surface area contributed by atoms with E-state index in [1.165, 1.54) is 11.4 Å². The van der Waals surface area contributed by atoms with Crippen LogP contribution in [0.3, 0.4) is 0 Å². The Kier molecular flexibility index (Phi) is 3.81. The van der Waals surface area contributed by atoms with Crippen LogP contribution in [0.5, 0.6) is 0 Å². The molecule has 98 valence electrons. The topological polar surface area (TPSA) is 3.24 Å². The van der Waals surface area contributed by atoms with Crippen molar-refractivity contribution in [3.05, 3.63) is 24.0 Å². The van der Waals surface area contributed by atoms with E-state index in [0.29, 0.717) is 5.92 Å². The first kappa shape index (κ1) is 14.3. The minimum atomic E-state index is 0.107. The predicted octanol–water partition coefficient (Wildman–Crippen LogP) is 4.96. The van der Waals surface area contributed by atoms with Crippen molar-refractivity contribution in [3.63, 3.8) is 0 Å². The van der Waals surface area contributed by atoms with E-state index in [-0.39, 0.29) is 11.0 Å². The third kappa shape index (κ3) is 2.43. The first-order valence-corrected chi connectivity index (χ1v) is 6.81. The number of allylic oxidation sites excluding steroid dienone is 3. The normalized spacial score (nSPS) is 24.9. The van der Waals surface area contributed by atoms with Crippen LogP contribution in [0.2, 0.25) is 0 Å². The van der Waals surface area contributed by atoms with Gasteiger partial charge >= 0.3 is 0 Å². The Morgan fingerprint density at radius 3 is 2.24 bits per heavy atom. The number of rotatable bonds is 2. The summed E-state index contributed by atoms with van der Waals surface area (Å²) >= 11 is 0. The fourth-order valence-electron chi connectivity index (χ4n) is 2.51. The first-order chi connectivity index (χ1) is 7.63. The molecule has 0 aromatic rings. The molecule has 1 unspecified atom stereocenters. The zero-order valence-electron chi connectivity index (χ0n) is 12.7. The molecule has 1 nitrogen and oxygen atoms in total. The molecule has 1 aliphatic rings. The fourth-order valence-corrected chi connectivity index (χ4v) is 2.51. The van der Waals surface area contributed by atoms with Crippen LogP contribution in [0.15, 0.2) is 24.0 Å². The van der Waals surface area contributed by atoms with Gasteiger partial charge in [0, 0.05) is 22.9 Å².